The molecule has 0 saturated carbocycles. The van der Waals surface area contributed by atoms with Crippen LogP contribution in [0.25, 0.3) is 10.9 Å². The first-order valence-electron chi connectivity index (χ1n) is 11.5. The second-order valence-electron chi connectivity index (χ2n) is 8.87. The number of pyridine rings is 1. The summed E-state index contributed by atoms with van der Waals surface area (Å²) < 4.78 is 13.4. The minimum absolute atomic E-state index is 0.0799. The SMILES string of the molecule is CCCC(C)COc1c(OC/C=C(\C)CCC=C(C)C)c2ccc([N+](=O)[O-])cc2n(C)c1=O. The Morgan fingerprint density at radius 2 is 1.91 bits per heavy atom. The van der Waals surface area contributed by atoms with Crippen LogP contribution in [-0.2, 0) is 7.05 Å². The Labute approximate surface area is 195 Å². The van der Waals surface area contributed by atoms with Crippen molar-refractivity contribution in [2.75, 3.05) is 13.2 Å². The van der Waals surface area contributed by atoms with Crippen LogP contribution in [0.4, 0.5) is 5.69 Å². The number of rotatable bonds is 12. The number of aryl methyl sites for hydroxylation is 1. The maximum Gasteiger partial charge on any atom is 0.297 e. The van der Waals surface area contributed by atoms with E-state index in [0.29, 0.717) is 23.3 Å². The third-order valence-electron chi connectivity index (χ3n) is 5.55. The fourth-order valence-electron chi connectivity index (χ4n) is 3.61. The van der Waals surface area contributed by atoms with Crippen LogP contribution in [-0.4, -0.2) is 22.7 Å². The second kappa shape index (κ2) is 12.2. The zero-order chi connectivity index (χ0) is 24.5. The molecule has 0 fully saturated rings. The van der Waals surface area contributed by atoms with E-state index in [-0.39, 0.29) is 29.5 Å². The Kier molecular flexibility index (Phi) is 9.70. The lowest BCUT2D eigenvalue weighted by molar-refractivity contribution is -0.384. The van der Waals surface area contributed by atoms with E-state index in [1.54, 1.807) is 13.1 Å². The molecule has 1 unspecified atom stereocenters. The quantitative estimate of drug-likeness (QED) is 0.212. The van der Waals surface area contributed by atoms with Crippen LogP contribution in [0.3, 0.4) is 0 Å². The minimum atomic E-state index is -0.472. The molecule has 7 heteroatoms. The van der Waals surface area contributed by atoms with Gasteiger partial charge in [-0.3, -0.25) is 14.9 Å². The molecule has 1 heterocycles. The molecule has 0 aliphatic carbocycles. The van der Waals surface area contributed by atoms with Gasteiger partial charge in [0.25, 0.3) is 11.2 Å². The van der Waals surface area contributed by atoms with Gasteiger partial charge in [-0.2, -0.15) is 0 Å². The molecule has 0 saturated heterocycles. The average molecular weight is 457 g/mol. The van der Waals surface area contributed by atoms with E-state index < -0.39 is 4.92 Å². The molecule has 2 rings (SSSR count). The molecule has 1 aromatic heterocycles. The van der Waals surface area contributed by atoms with Crippen molar-refractivity contribution in [3.8, 4) is 11.5 Å². The molecule has 1 aromatic carbocycles. The number of fused-ring (bicyclic) bond motifs is 1. The maximum absolute atomic E-state index is 13.1. The number of aromatic nitrogens is 1. The largest absolute Gasteiger partial charge is 0.485 e. The summed E-state index contributed by atoms with van der Waals surface area (Å²) in [6, 6.07) is 4.44. The normalized spacial score (nSPS) is 12.5. The molecule has 0 amide bonds. The van der Waals surface area contributed by atoms with Gasteiger partial charge in [-0.05, 0) is 58.1 Å². The molecule has 0 aliphatic heterocycles. The van der Waals surface area contributed by atoms with Crippen molar-refractivity contribution >= 4 is 16.6 Å². The molecule has 0 radical (unpaired) electrons. The van der Waals surface area contributed by atoms with E-state index >= 15 is 0 Å². The predicted molar refractivity (Wildman–Crippen MR) is 133 cm³/mol. The molecule has 0 bridgehead atoms. The molecular weight excluding hydrogens is 420 g/mol. The van der Waals surface area contributed by atoms with Gasteiger partial charge in [-0.15, -0.1) is 0 Å². The van der Waals surface area contributed by atoms with E-state index in [2.05, 4.69) is 40.7 Å². The number of hydrogen-bond donors (Lipinski definition) is 0. The highest BCUT2D eigenvalue weighted by Crippen LogP contribution is 2.34. The molecule has 0 N–H and O–H groups in total. The van der Waals surface area contributed by atoms with Gasteiger partial charge >= 0.3 is 0 Å². The number of benzene rings is 1. The third-order valence-corrected chi connectivity index (χ3v) is 5.55. The van der Waals surface area contributed by atoms with Gasteiger partial charge in [0.1, 0.15) is 6.61 Å². The number of hydrogen-bond acceptors (Lipinski definition) is 5. The van der Waals surface area contributed by atoms with Crippen LogP contribution in [0.5, 0.6) is 11.5 Å². The number of non-ortho nitro benzene ring substituents is 1. The lowest BCUT2D eigenvalue weighted by Crippen LogP contribution is -2.23. The maximum atomic E-state index is 13.1. The van der Waals surface area contributed by atoms with Crippen molar-refractivity contribution in [3.05, 3.63) is 62.0 Å². The molecule has 7 nitrogen and oxygen atoms in total. The van der Waals surface area contributed by atoms with Crippen molar-refractivity contribution < 1.29 is 14.4 Å². The Hall–Kier alpha value is -3.09. The van der Waals surface area contributed by atoms with Crippen molar-refractivity contribution in [1.29, 1.82) is 0 Å². The number of allylic oxidation sites excluding steroid dienone is 3. The Balaban J connectivity index is 2.43. The summed E-state index contributed by atoms with van der Waals surface area (Å²) in [5, 5.41) is 11.9. The molecule has 0 spiro atoms. The molecule has 1 atom stereocenters. The van der Waals surface area contributed by atoms with Gasteiger partial charge in [0, 0.05) is 24.6 Å². The molecule has 0 aliphatic rings. The highest BCUT2D eigenvalue weighted by atomic mass is 16.6. The number of nitro benzene ring substituents is 1. The van der Waals surface area contributed by atoms with Crippen LogP contribution in [0.15, 0.2) is 46.3 Å². The van der Waals surface area contributed by atoms with Crippen molar-refractivity contribution in [2.24, 2.45) is 13.0 Å². The monoisotopic (exact) mass is 456 g/mol. The van der Waals surface area contributed by atoms with E-state index in [0.717, 1.165) is 25.7 Å². The van der Waals surface area contributed by atoms with Crippen molar-refractivity contribution in [2.45, 2.75) is 60.3 Å². The highest BCUT2D eigenvalue weighted by molar-refractivity contribution is 5.89. The molecule has 33 heavy (non-hydrogen) atoms. The first-order valence-corrected chi connectivity index (χ1v) is 11.5. The Morgan fingerprint density at radius 3 is 2.55 bits per heavy atom. The highest BCUT2D eigenvalue weighted by Gasteiger charge is 2.21. The second-order valence-corrected chi connectivity index (χ2v) is 8.87. The van der Waals surface area contributed by atoms with Gasteiger partial charge in [-0.25, -0.2) is 0 Å². The minimum Gasteiger partial charge on any atom is -0.485 e. The fraction of sp³-hybridized carbons (Fsp3) is 0.500. The summed E-state index contributed by atoms with van der Waals surface area (Å²) in [7, 11) is 1.59. The standard InChI is InChI=1S/C26H36N2O5/c1-7-9-20(5)17-33-25-24(32-15-14-19(4)11-8-10-18(2)3)22-13-12-21(28(30)31)16-23(22)27(6)26(25)29/h10,12-14,16,20H,7-9,11,15,17H2,1-6H3/b19-14+. The zero-order valence-corrected chi connectivity index (χ0v) is 20.6. The summed E-state index contributed by atoms with van der Waals surface area (Å²) in [5.74, 6) is 0.773. The fourth-order valence-corrected chi connectivity index (χ4v) is 3.61. The lowest BCUT2D eigenvalue weighted by atomic mass is 10.1. The topological polar surface area (TPSA) is 83.6 Å². The summed E-state index contributed by atoms with van der Waals surface area (Å²) in [4.78, 5) is 23.9. The zero-order valence-electron chi connectivity index (χ0n) is 20.6. The van der Waals surface area contributed by atoms with Crippen molar-refractivity contribution in [3.63, 3.8) is 0 Å². The summed E-state index contributed by atoms with van der Waals surface area (Å²) >= 11 is 0. The average Bonchev–Trinajstić information content (AvgIpc) is 2.76. The van der Waals surface area contributed by atoms with Gasteiger partial charge in [0.2, 0.25) is 5.75 Å². The number of nitro groups is 1. The predicted octanol–water partition coefficient (Wildman–Crippen LogP) is 6.33. The molecule has 2 aromatic rings. The number of ether oxygens (including phenoxy) is 2. The van der Waals surface area contributed by atoms with Gasteiger partial charge < -0.3 is 14.0 Å². The van der Waals surface area contributed by atoms with Gasteiger partial charge in [0.05, 0.1) is 17.0 Å². The smallest absolute Gasteiger partial charge is 0.297 e. The molecular formula is C26H36N2O5. The van der Waals surface area contributed by atoms with E-state index in [1.165, 1.54) is 27.8 Å². The van der Waals surface area contributed by atoms with Crippen LogP contribution in [0.2, 0.25) is 0 Å². The number of nitrogens with zero attached hydrogens (tertiary/aromatic N) is 2. The van der Waals surface area contributed by atoms with E-state index in [1.807, 2.05) is 6.08 Å². The van der Waals surface area contributed by atoms with E-state index in [4.69, 9.17) is 9.47 Å². The third kappa shape index (κ3) is 7.20. The molecule has 180 valence electrons. The van der Waals surface area contributed by atoms with Crippen LogP contribution < -0.4 is 15.0 Å². The Bertz CT molecular complexity index is 1090. The van der Waals surface area contributed by atoms with Crippen LogP contribution in [0, 0.1) is 16.0 Å². The first kappa shape index (κ1) is 26.2. The lowest BCUT2D eigenvalue weighted by Gasteiger charge is -2.18. The summed E-state index contributed by atoms with van der Waals surface area (Å²) in [5.41, 5.74) is 2.46. The Morgan fingerprint density at radius 1 is 1.18 bits per heavy atom. The van der Waals surface area contributed by atoms with Crippen molar-refractivity contribution in [1.82, 2.24) is 4.57 Å². The van der Waals surface area contributed by atoms with Gasteiger partial charge in [0.15, 0.2) is 5.75 Å². The summed E-state index contributed by atoms with van der Waals surface area (Å²) in [6.45, 7) is 11.1. The van der Waals surface area contributed by atoms with E-state index in [9.17, 15) is 14.9 Å². The first-order chi connectivity index (χ1) is 15.6. The van der Waals surface area contributed by atoms with Gasteiger partial charge in [-0.1, -0.05) is 37.5 Å². The van der Waals surface area contributed by atoms with Crippen LogP contribution >= 0.6 is 0 Å². The summed E-state index contributed by atoms with van der Waals surface area (Å²) in [6.07, 6.45) is 8.11. The van der Waals surface area contributed by atoms with Crippen LogP contribution in [0.1, 0.15) is 60.3 Å².